The number of hydrogen-bond donors (Lipinski definition) is 0. The lowest BCUT2D eigenvalue weighted by molar-refractivity contribution is 0.104. The Hall–Kier alpha value is -1.37. The summed E-state index contributed by atoms with van der Waals surface area (Å²) >= 11 is 0. The molecule has 0 aliphatic carbocycles. The van der Waals surface area contributed by atoms with Crippen molar-refractivity contribution in [3.8, 4) is 5.75 Å². The smallest absolute Gasteiger partial charge is 0.185 e. The molecule has 0 spiro atoms. The Morgan fingerprint density at radius 3 is 2.40 bits per heavy atom. The van der Waals surface area contributed by atoms with Crippen molar-refractivity contribution in [1.29, 1.82) is 0 Å². The Morgan fingerprint density at radius 2 is 1.85 bits per heavy atom. The van der Waals surface area contributed by atoms with Crippen LogP contribution in [0, 0.1) is 0 Å². The predicted octanol–water partition coefficient (Wildman–Crippen LogP) is 4.51. The number of unbranched alkanes of at least 4 members (excludes halogenated alkanes) is 1. The fourth-order valence-electron chi connectivity index (χ4n) is 1.58. The molecule has 1 aromatic rings. The summed E-state index contributed by atoms with van der Waals surface area (Å²) in [6.07, 6.45) is 3.53. The first-order valence-corrected chi connectivity index (χ1v) is 8.02. The van der Waals surface area contributed by atoms with Crippen LogP contribution in [0.5, 0.6) is 5.75 Å². The van der Waals surface area contributed by atoms with Crippen molar-refractivity contribution in [2.45, 2.75) is 24.7 Å². The van der Waals surface area contributed by atoms with E-state index in [1.54, 1.807) is 24.3 Å². The van der Waals surface area contributed by atoms with Gasteiger partial charge in [-0.25, -0.2) is 0 Å². The third-order valence-corrected chi connectivity index (χ3v) is 4.26. The van der Waals surface area contributed by atoms with Crippen molar-refractivity contribution in [2.24, 2.45) is 0 Å². The van der Waals surface area contributed by atoms with Crippen LogP contribution in [0.4, 0.5) is 0 Å². The lowest BCUT2D eigenvalue weighted by Gasteiger charge is -2.06. The number of ether oxygens (including phenoxy) is 1. The zero-order valence-corrected chi connectivity index (χ0v) is 12.8. The Bertz CT molecular complexity index is 463. The van der Waals surface area contributed by atoms with Crippen molar-refractivity contribution >= 4 is 22.7 Å². The molecule has 6 heteroatoms. The molecule has 0 saturated heterocycles. The summed E-state index contributed by atoms with van der Waals surface area (Å²) in [5.74, 6) is 0.585. The van der Waals surface area contributed by atoms with Crippen molar-refractivity contribution in [3.63, 3.8) is 0 Å². The van der Waals surface area contributed by atoms with Crippen molar-refractivity contribution in [1.82, 2.24) is 0 Å². The lowest BCUT2D eigenvalue weighted by atomic mass is 10.1. The first-order chi connectivity index (χ1) is 9.71. The molecule has 0 amide bonds. The van der Waals surface area contributed by atoms with E-state index in [1.807, 2.05) is 0 Å². The van der Waals surface area contributed by atoms with Crippen LogP contribution >= 0.6 is 16.9 Å². The third-order valence-electron chi connectivity index (χ3n) is 2.69. The van der Waals surface area contributed by atoms with Crippen molar-refractivity contribution in [3.05, 3.63) is 42.5 Å². The maximum atomic E-state index is 11.3. The molecule has 20 heavy (non-hydrogen) atoms. The van der Waals surface area contributed by atoms with E-state index >= 15 is 0 Å². The number of ketones is 1. The van der Waals surface area contributed by atoms with Gasteiger partial charge in [0.25, 0.3) is 0 Å². The normalized spacial score (nSPS) is 12.2. The first kappa shape index (κ1) is 16.7. The van der Waals surface area contributed by atoms with Crippen LogP contribution in [0.3, 0.4) is 0 Å². The van der Waals surface area contributed by atoms with E-state index < -0.39 is 0 Å². The molecular formula is C14H16O4P2. The van der Waals surface area contributed by atoms with Gasteiger partial charge in [-0.3, -0.25) is 13.9 Å². The van der Waals surface area contributed by atoms with Crippen LogP contribution in [0.2, 0.25) is 0 Å². The Morgan fingerprint density at radius 1 is 1.20 bits per heavy atom. The van der Waals surface area contributed by atoms with Gasteiger partial charge < -0.3 is 4.74 Å². The second-order valence-electron chi connectivity index (χ2n) is 4.13. The Kier molecular flexibility index (Phi) is 7.94. The summed E-state index contributed by atoms with van der Waals surface area (Å²) in [6, 6.07) is 6.88. The summed E-state index contributed by atoms with van der Waals surface area (Å²) in [4.78, 5) is 11.3. The number of benzene rings is 1. The maximum Gasteiger partial charge on any atom is 0.185 e. The van der Waals surface area contributed by atoms with Gasteiger partial charge in [-0.15, -0.1) is 0 Å². The second kappa shape index (κ2) is 9.52. The molecule has 0 aliphatic heterocycles. The van der Waals surface area contributed by atoms with E-state index in [-0.39, 0.29) is 28.1 Å². The third kappa shape index (κ3) is 5.73. The summed E-state index contributed by atoms with van der Waals surface area (Å²) < 4.78 is 26.6. The monoisotopic (exact) mass is 310 g/mol. The molecule has 4 nitrogen and oxygen atoms in total. The summed E-state index contributed by atoms with van der Waals surface area (Å²) in [5.41, 5.74) is 0.582. The van der Waals surface area contributed by atoms with Gasteiger partial charge in [-0.1, -0.05) is 6.58 Å². The summed E-state index contributed by atoms with van der Waals surface area (Å²) in [7, 11) is -0.151. The molecule has 0 bridgehead atoms. The van der Waals surface area contributed by atoms with E-state index in [9.17, 15) is 13.9 Å². The molecule has 106 valence electrons. The van der Waals surface area contributed by atoms with Gasteiger partial charge in [-0.2, -0.15) is 0 Å². The average molecular weight is 310 g/mol. The highest BCUT2D eigenvalue weighted by atomic mass is 31.1. The van der Waals surface area contributed by atoms with Crippen LogP contribution in [-0.4, -0.2) is 17.8 Å². The molecule has 1 rings (SSSR count). The van der Waals surface area contributed by atoms with Crippen molar-refractivity contribution < 1.29 is 18.7 Å². The minimum atomic E-state index is -0.306. The number of allylic oxidation sites excluding steroid dienone is 1. The topological polar surface area (TPSA) is 60.4 Å². The molecule has 0 aromatic heterocycles. The number of rotatable bonds is 10. The highest BCUT2D eigenvalue weighted by molar-refractivity contribution is 7.44. The number of carbonyl (C=O) groups is 1. The Labute approximate surface area is 121 Å². The molecule has 0 unspecified atom stereocenters. The van der Waals surface area contributed by atoms with E-state index in [0.717, 1.165) is 12.8 Å². The van der Waals surface area contributed by atoms with Gasteiger partial charge in [-0.05, 0) is 49.6 Å². The van der Waals surface area contributed by atoms with Gasteiger partial charge in [0.1, 0.15) is 11.1 Å². The van der Waals surface area contributed by atoms with Crippen molar-refractivity contribution in [2.75, 3.05) is 6.61 Å². The maximum absolute atomic E-state index is 11.3. The van der Waals surface area contributed by atoms with Gasteiger partial charge >= 0.3 is 0 Å². The molecule has 0 atom stereocenters. The fraction of sp³-hybridized carbons (Fsp3) is 0.357. The number of hydrogen-bond acceptors (Lipinski definition) is 4. The van der Waals surface area contributed by atoms with Gasteiger partial charge in [0.2, 0.25) is 0 Å². The zero-order chi connectivity index (χ0) is 14.8. The first-order valence-electron chi connectivity index (χ1n) is 6.26. The van der Waals surface area contributed by atoms with E-state index in [1.165, 1.54) is 6.08 Å². The predicted molar refractivity (Wildman–Crippen MR) is 79.3 cm³/mol. The van der Waals surface area contributed by atoms with E-state index in [2.05, 4.69) is 6.58 Å². The van der Waals surface area contributed by atoms with Gasteiger partial charge in [0.15, 0.2) is 22.7 Å². The molecule has 0 aliphatic rings. The standard InChI is InChI=1S/C14H16O4P2/c1-2-13(15)11-6-8-12(9-7-11)18-10-4-3-5-14(19-16)20-17/h2,6-9,14H,1,3-5,10H2. The SMILES string of the molecule is C=CC(=O)c1ccc(OCCCCC(P=O)P=O)cc1. The largest absolute Gasteiger partial charge is 0.494 e. The minimum Gasteiger partial charge on any atom is -0.494 e. The van der Waals surface area contributed by atoms with E-state index in [4.69, 9.17) is 4.74 Å². The molecule has 0 saturated carbocycles. The summed E-state index contributed by atoms with van der Waals surface area (Å²) in [5, 5.41) is -0.306. The summed E-state index contributed by atoms with van der Waals surface area (Å²) in [6.45, 7) is 3.97. The van der Waals surface area contributed by atoms with Gasteiger partial charge in [0, 0.05) is 5.56 Å². The molecule has 0 fully saturated rings. The van der Waals surface area contributed by atoms with Crippen LogP contribution in [0.15, 0.2) is 36.9 Å². The van der Waals surface area contributed by atoms with E-state index in [0.29, 0.717) is 24.3 Å². The van der Waals surface area contributed by atoms with Crippen LogP contribution in [0.25, 0.3) is 0 Å². The minimum absolute atomic E-state index is 0.0756. The van der Waals surface area contributed by atoms with Crippen LogP contribution in [-0.2, 0) is 9.13 Å². The molecule has 0 N–H and O–H groups in total. The fourth-order valence-corrected chi connectivity index (χ4v) is 2.31. The zero-order valence-electron chi connectivity index (χ0n) is 11.0. The molecular weight excluding hydrogens is 294 g/mol. The highest BCUT2D eigenvalue weighted by Gasteiger charge is 2.07. The quantitative estimate of drug-likeness (QED) is 0.276. The molecule has 0 heterocycles. The average Bonchev–Trinajstić information content (AvgIpc) is 2.50. The van der Waals surface area contributed by atoms with Crippen LogP contribution < -0.4 is 4.74 Å². The Balaban J connectivity index is 2.28. The van der Waals surface area contributed by atoms with Crippen LogP contribution in [0.1, 0.15) is 29.6 Å². The molecule has 0 radical (unpaired) electrons. The number of carbonyl (C=O) groups excluding carboxylic acids is 1. The van der Waals surface area contributed by atoms with Gasteiger partial charge in [0.05, 0.1) is 6.61 Å². The molecule has 1 aromatic carbocycles. The highest BCUT2D eigenvalue weighted by Crippen LogP contribution is 2.24. The second-order valence-corrected chi connectivity index (χ2v) is 6.20. The lowest BCUT2D eigenvalue weighted by Crippen LogP contribution is -1.99.